The van der Waals surface area contributed by atoms with Gasteiger partial charge in [-0.2, -0.15) is 0 Å². The Morgan fingerprint density at radius 2 is 2.17 bits per heavy atom. The van der Waals surface area contributed by atoms with Gasteiger partial charge in [0.2, 0.25) is 5.95 Å². The van der Waals surface area contributed by atoms with Crippen molar-refractivity contribution in [1.29, 1.82) is 0 Å². The van der Waals surface area contributed by atoms with Gasteiger partial charge in [0.1, 0.15) is 12.4 Å². The van der Waals surface area contributed by atoms with E-state index in [1.54, 1.807) is 24.3 Å². The number of rotatable bonds is 5. The number of nitrogens with one attached hydrogen (secondary N) is 2. The highest BCUT2D eigenvalue weighted by molar-refractivity contribution is 6.22. The number of imidazole rings is 1. The van der Waals surface area contributed by atoms with Gasteiger partial charge in [-0.15, -0.1) is 11.6 Å². The van der Waals surface area contributed by atoms with Crippen LogP contribution in [0.4, 0.5) is 15.1 Å². The molecule has 3 aromatic rings. The molecule has 0 saturated carbocycles. The molecule has 1 amide bonds. The number of alkyl halides is 1. The molecule has 9 heteroatoms. The predicted octanol–water partition coefficient (Wildman–Crippen LogP) is 3.91. The van der Waals surface area contributed by atoms with Gasteiger partial charge >= 0.3 is 6.09 Å². The van der Waals surface area contributed by atoms with Crippen LogP contribution in [0.2, 0.25) is 0 Å². The van der Waals surface area contributed by atoms with E-state index in [-0.39, 0.29) is 30.4 Å². The summed E-state index contributed by atoms with van der Waals surface area (Å²) in [5, 5.41) is 2.51. The number of carbonyl (C=O) groups excluding carboxylic acids is 2. The smallest absolute Gasteiger partial charge is 0.413 e. The number of hydrogen-bond donors (Lipinski definition) is 2. The van der Waals surface area contributed by atoms with E-state index in [0.717, 1.165) is 0 Å². The number of anilines is 1. The van der Waals surface area contributed by atoms with Gasteiger partial charge in [0.05, 0.1) is 23.4 Å². The van der Waals surface area contributed by atoms with Crippen molar-refractivity contribution in [2.75, 3.05) is 24.3 Å². The summed E-state index contributed by atoms with van der Waals surface area (Å²) in [6.45, 7) is 0.178. The number of aromatic nitrogens is 2. The molecule has 1 aliphatic rings. The van der Waals surface area contributed by atoms with Gasteiger partial charge in [-0.1, -0.05) is 18.2 Å². The van der Waals surface area contributed by atoms with E-state index in [1.807, 2.05) is 0 Å². The molecule has 2 heterocycles. The Hall–Kier alpha value is -3.26. The van der Waals surface area contributed by atoms with Crippen molar-refractivity contribution >= 4 is 46.2 Å². The van der Waals surface area contributed by atoms with E-state index in [1.165, 1.54) is 12.1 Å². The number of carbonyl (C=O) groups is 2. The number of aliphatic imine (C=N–C) groups is 1. The minimum Gasteiger partial charge on any atom is -0.449 e. The zero-order chi connectivity index (χ0) is 20.4. The third-order valence-corrected chi connectivity index (χ3v) is 4.69. The first kappa shape index (κ1) is 19.1. The molecule has 7 nitrogen and oxygen atoms in total. The van der Waals surface area contributed by atoms with Crippen LogP contribution in [0.3, 0.4) is 0 Å². The molecule has 0 bridgehead atoms. The van der Waals surface area contributed by atoms with Crippen molar-refractivity contribution in [1.82, 2.24) is 9.97 Å². The second-order valence-electron chi connectivity index (χ2n) is 6.37. The Morgan fingerprint density at radius 3 is 3.00 bits per heavy atom. The molecule has 0 aliphatic carbocycles. The number of ether oxygens (including phenoxy) is 1. The minimum absolute atomic E-state index is 0.0340. The maximum Gasteiger partial charge on any atom is 0.413 e. The van der Waals surface area contributed by atoms with E-state index in [4.69, 9.17) is 16.3 Å². The van der Waals surface area contributed by atoms with Crippen LogP contribution < -0.4 is 5.32 Å². The molecule has 0 fully saturated rings. The highest BCUT2D eigenvalue weighted by Gasteiger charge is 2.25. The third kappa shape index (κ3) is 3.84. The normalized spacial score (nSPS) is 13.2. The fourth-order valence-corrected chi connectivity index (χ4v) is 3.23. The van der Waals surface area contributed by atoms with Crippen LogP contribution in [0.5, 0.6) is 0 Å². The molecule has 1 aliphatic heterocycles. The number of hydrogen-bond acceptors (Lipinski definition) is 5. The zero-order valence-corrected chi connectivity index (χ0v) is 15.9. The topological polar surface area (TPSA) is 96.4 Å². The minimum atomic E-state index is -0.638. The third-order valence-electron chi connectivity index (χ3n) is 4.42. The van der Waals surface area contributed by atoms with Gasteiger partial charge in [-0.3, -0.25) is 15.1 Å². The van der Waals surface area contributed by atoms with E-state index < -0.39 is 11.9 Å². The van der Waals surface area contributed by atoms with Crippen LogP contribution in [0, 0.1) is 5.82 Å². The van der Waals surface area contributed by atoms with Gasteiger partial charge in [-0.25, -0.2) is 14.2 Å². The first-order valence-corrected chi connectivity index (χ1v) is 9.46. The molecule has 148 valence electrons. The molecular weight excluding hydrogens is 399 g/mol. The molecular formula is C20H16ClFN4O3. The van der Waals surface area contributed by atoms with E-state index in [9.17, 15) is 14.0 Å². The van der Waals surface area contributed by atoms with Crippen molar-refractivity contribution in [2.45, 2.75) is 6.42 Å². The summed E-state index contributed by atoms with van der Waals surface area (Å²) >= 11 is 5.54. The van der Waals surface area contributed by atoms with Crippen molar-refractivity contribution in [2.24, 2.45) is 4.99 Å². The lowest BCUT2D eigenvalue weighted by Crippen LogP contribution is -2.21. The Kier molecular flexibility index (Phi) is 5.26. The first-order valence-electron chi connectivity index (χ1n) is 8.93. The summed E-state index contributed by atoms with van der Waals surface area (Å²) < 4.78 is 19.4. The SMILES string of the molecule is O=C(Nc1nc2ccc(C3=NCC(=O)c4cccc(F)c43)cc2[nH]1)OCCCCl. The summed E-state index contributed by atoms with van der Waals surface area (Å²) in [6, 6.07) is 9.64. The van der Waals surface area contributed by atoms with Crippen LogP contribution >= 0.6 is 11.6 Å². The van der Waals surface area contributed by atoms with Crippen molar-refractivity contribution in [3.05, 3.63) is 58.9 Å². The van der Waals surface area contributed by atoms with Crippen molar-refractivity contribution in [3.63, 3.8) is 0 Å². The summed E-state index contributed by atoms with van der Waals surface area (Å²) in [7, 11) is 0. The summed E-state index contributed by atoms with van der Waals surface area (Å²) in [6.07, 6.45) is -0.0817. The number of aromatic amines is 1. The molecule has 1 aromatic heterocycles. The van der Waals surface area contributed by atoms with Crippen LogP contribution in [-0.2, 0) is 4.74 Å². The average Bonchev–Trinajstić information content (AvgIpc) is 3.10. The second kappa shape index (κ2) is 8.00. The van der Waals surface area contributed by atoms with E-state index >= 15 is 0 Å². The monoisotopic (exact) mass is 414 g/mol. The lowest BCUT2D eigenvalue weighted by atomic mass is 9.92. The predicted molar refractivity (Wildman–Crippen MR) is 108 cm³/mol. The van der Waals surface area contributed by atoms with Crippen molar-refractivity contribution in [3.8, 4) is 0 Å². The molecule has 2 N–H and O–H groups in total. The highest BCUT2D eigenvalue weighted by Crippen LogP contribution is 2.25. The van der Waals surface area contributed by atoms with Gasteiger partial charge in [0.25, 0.3) is 0 Å². The second-order valence-corrected chi connectivity index (χ2v) is 6.75. The maximum absolute atomic E-state index is 14.4. The van der Waals surface area contributed by atoms with Crippen LogP contribution in [0.25, 0.3) is 11.0 Å². The summed E-state index contributed by atoms with van der Waals surface area (Å²) in [5.41, 5.74) is 2.79. The number of H-pyrrole nitrogens is 1. The van der Waals surface area contributed by atoms with Crippen LogP contribution in [0.15, 0.2) is 41.4 Å². The van der Waals surface area contributed by atoms with E-state index in [2.05, 4.69) is 20.3 Å². The first-order chi connectivity index (χ1) is 14.1. The van der Waals surface area contributed by atoms with Gasteiger partial charge < -0.3 is 9.72 Å². The number of ketones is 1. The number of benzene rings is 2. The Bertz CT molecular complexity index is 1140. The molecule has 0 radical (unpaired) electrons. The quantitative estimate of drug-likeness (QED) is 0.488. The Balaban J connectivity index is 1.62. The largest absolute Gasteiger partial charge is 0.449 e. The fraction of sp³-hybridized carbons (Fsp3) is 0.200. The number of fused-ring (bicyclic) bond motifs is 2. The molecule has 0 spiro atoms. The summed E-state index contributed by atoms with van der Waals surface area (Å²) in [4.78, 5) is 35.4. The van der Waals surface area contributed by atoms with Crippen LogP contribution in [-0.4, -0.2) is 46.6 Å². The highest BCUT2D eigenvalue weighted by atomic mass is 35.5. The fourth-order valence-electron chi connectivity index (χ4n) is 3.12. The van der Waals surface area contributed by atoms with Gasteiger partial charge in [0.15, 0.2) is 5.78 Å². The molecule has 4 rings (SSSR count). The lowest BCUT2D eigenvalue weighted by Gasteiger charge is -2.17. The van der Waals surface area contributed by atoms with Crippen molar-refractivity contribution < 1.29 is 18.7 Å². The standard InChI is InChI=1S/C20H16ClFN4O3/c21-7-2-8-29-20(28)26-19-24-14-6-5-11(9-15(14)25-19)18-17-12(16(27)10-23-18)3-1-4-13(17)22/h1,3-6,9H,2,7-8,10H2,(H2,24,25,26,28). The summed E-state index contributed by atoms with van der Waals surface area (Å²) in [5.74, 6) is -0.0913. The molecule has 2 aromatic carbocycles. The van der Waals surface area contributed by atoms with E-state index in [0.29, 0.717) is 40.2 Å². The molecule has 0 atom stereocenters. The van der Waals surface area contributed by atoms with Gasteiger partial charge in [0, 0.05) is 22.6 Å². The maximum atomic E-state index is 14.4. The number of halogens is 2. The Morgan fingerprint density at radius 1 is 1.31 bits per heavy atom. The molecule has 0 unspecified atom stereocenters. The van der Waals surface area contributed by atoms with Crippen LogP contribution in [0.1, 0.15) is 27.9 Å². The number of nitrogens with zero attached hydrogens (tertiary/aromatic N) is 2. The Labute approximate surface area is 169 Å². The van der Waals surface area contributed by atoms with Gasteiger partial charge in [-0.05, 0) is 24.6 Å². The number of Topliss-reactive ketones (excluding diaryl/α,β-unsaturated/α-hetero) is 1. The zero-order valence-electron chi connectivity index (χ0n) is 15.2. The lowest BCUT2D eigenvalue weighted by molar-refractivity contribution is 0.0999. The molecule has 29 heavy (non-hydrogen) atoms. The average molecular weight is 415 g/mol. The molecule has 0 saturated heterocycles. The number of amides is 1.